The summed E-state index contributed by atoms with van der Waals surface area (Å²) >= 11 is 1.15. The van der Waals surface area contributed by atoms with Crippen molar-refractivity contribution >= 4 is 29.2 Å². The molecule has 3 aromatic rings. The van der Waals surface area contributed by atoms with Crippen molar-refractivity contribution in [3.63, 3.8) is 0 Å². The fraction of sp³-hybridized carbons (Fsp3) is 0.444. The molecule has 1 saturated heterocycles. The summed E-state index contributed by atoms with van der Waals surface area (Å²) in [6, 6.07) is 5.09. The van der Waals surface area contributed by atoms with Crippen molar-refractivity contribution in [2.24, 2.45) is 5.41 Å². The number of thiazole rings is 1. The predicted octanol–water partition coefficient (Wildman–Crippen LogP) is 3.13. The van der Waals surface area contributed by atoms with E-state index < -0.39 is 47.9 Å². The van der Waals surface area contributed by atoms with Crippen molar-refractivity contribution in [1.29, 1.82) is 0 Å². The van der Waals surface area contributed by atoms with Gasteiger partial charge in [-0.2, -0.15) is 5.10 Å². The molecule has 3 N–H and O–H groups in total. The number of aliphatic hydroxyl groups is 1. The van der Waals surface area contributed by atoms with Crippen LogP contribution in [-0.2, 0) is 21.5 Å². The summed E-state index contributed by atoms with van der Waals surface area (Å²) in [4.78, 5) is 46.6. The SMILES string of the molecule is COc1cc(C(=O)N2[C@@H](c3ncc(C)s3)[C@@](CO)(C(=O)O)C[C@@]2(Cn2cccn2)C(=O)O)ccc1C(C)(C)C. The first-order valence-corrected chi connectivity index (χ1v) is 13.1. The third-order valence-corrected chi connectivity index (χ3v) is 8.25. The zero-order chi connectivity index (χ0) is 28.8. The molecule has 208 valence electrons. The van der Waals surface area contributed by atoms with E-state index in [0.717, 1.165) is 26.7 Å². The number of aromatic nitrogens is 3. The number of carbonyl (C=O) groups excluding carboxylic acids is 1. The Balaban J connectivity index is 2.00. The van der Waals surface area contributed by atoms with Gasteiger partial charge in [0.25, 0.3) is 5.91 Å². The Morgan fingerprint density at radius 1 is 1.21 bits per heavy atom. The van der Waals surface area contributed by atoms with Crippen molar-refractivity contribution in [2.75, 3.05) is 13.7 Å². The van der Waals surface area contributed by atoms with Gasteiger partial charge >= 0.3 is 11.9 Å². The Bertz CT molecular complexity index is 1400. The van der Waals surface area contributed by atoms with E-state index in [-0.39, 0.29) is 22.5 Å². The number of carboxylic acid groups (broad SMARTS) is 2. The van der Waals surface area contributed by atoms with Gasteiger partial charge in [-0.25, -0.2) is 9.78 Å². The highest BCUT2D eigenvalue weighted by Gasteiger charge is 2.69. The zero-order valence-corrected chi connectivity index (χ0v) is 23.2. The van der Waals surface area contributed by atoms with E-state index in [4.69, 9.17) is 4.74 Å². The van der Waals surface area contributed by atoms with Crippen LogP contribution in [-0.4, -0.2) is 72.1 Å². The standard InChI is InChI=1S/C27H32N4O7S/c1-16-12-28-21(39-16)20-26(15-32,23(34)35)13-27(24(36)37,14-30-10-6-9-29-30)31(20)22(33)17-7-8-18(25(2,3)4)19(11-17)38-5/h6-12,20,32H,13-15H2,1-5H3,(H,34,35)(H,36,37)/t20-,26+,27+/m0/s1. The number of methoxy groups -OCH3 is 1. The molecule has 12 heteroatoms. The van der Waals surface area contributed by atoms with Crippen molar-refractivity contribution in [3.8, 4) is 5.75 Å². The average Bonchev–Trinajstić information content (AvgIpc) is 3.61. The lowest BCUT2D eigenvalue weighted by molar-refractivity contribution is -0.153. The Kier molecular flexibility index (Phi) is 7.30. The van der Waals surface area contributed by atoms with E-state index in [1.807, 2.05) is 20.8 Å². The van der Waals surface area contributed by atoms with Crippen molar-refractivity contribution in [2.45, 2.75) is 57.7 Å². The zero-order valence-electron chi connectivity index (χ0n) is 22.4. The molecule has 4 rings (SSSR count). The average molecular weight is 557 g/mol. The van der Waals surface area contributed by atoms with Crippen molar-refractivity contribution in [3.05, 3.63) is 63.9 Å². The number of carboxylic acids is 2. The lowest BCUT2D eigenvalue weighted by Gasteiger charge is -2.38. The number of ether oxygens (including phenoxy) is 1. The Hall–Kier alpha value is -3.77. The highest BCUT2D eigenvalue weighted by Crippen LogP contribution is 2.56. The van der Waals surface area contributed by atoms with Gasteiger partial charge in [0, 0.05) is 35.5 Å². The van der Waals surface area contributed by atoms with Crippen LogP contribution in [0.15, 0.2) is 42.9 Å². The largest absolute Gasteiger partial charge is 0.496 e. The quantitative estimate of drug-likeness (QED) is 0.379. The number of aliphatic hydroxyl groups excluding tert-OH is 1. The molecule has 39 heavy (non-hydrogen) atoms. The van der Waals surface area contributed by atoms with Gasteiger partial charge in [-0.05, 0) is 36.1 Å². The molecule has 1 fully saturated rings. The number of amides is 1. The first kappa shape index (κ1) is 28.2. The maximum absolute atomic E-state index is 14.4. The van der Waals surface area contributed by atoms with Gasteiger partial charge in [-0.3, -0.25) is 14.3 Å². The van der Waals surface area contributed by atoms with Crippen LogP contribution >= 0.6 is 11.3 Å². The number of nitrogens with zero attached hydrogens (tertiary/aromatic N) is 4. The van der Waals surface area contributed by atoms with E-state index >= 15 is 0 Å². The number of aliphatic carboxylic acids is 2. The molecule has 0 bridgehead atoms. The molecule has 1 aliphatic heterocycles. The van der Waals surface area contributed by atoms with Crippen molar-refractivity contribution in [1.82, 2.24) is 19.7 Å². The number of carbonyl (C=O) groups is 3. The fourth-order valence-corrected chi connectivity index (χ4v) is 6.36. The number of hydrogen-bond acceptors (Lipinski definition) is 8. The van der Waals surface area contributed by atoms with E-state index in [2.05, 4.69) is 10.1 Å². The second kappa shape index (κ2) is 10.1. The van der Waals surface area contributed by atoms with E-state index in [0.29, 0.717) is 5.75 Å². The van der Waals surface area contributed by atoms with Crippen LogP contribution in [0.3, 0.4) is 0 Å². The van der Waals surface area contributed by atoms with Gasteiger partial charge in [0.15, 0.2) is 5.54 Å². The second-order valence-electron chi connectivity index (χ2n) is 10.9. The first-order valence-electron chi connectivity index (χ1n) is 12.3. The summed E-state index contributed by atoms with van der Waals surface area (Å²) in [6.07, 6.45) is 3.97. The highest BCUT2D eigenvalue weighted by atomic mass is 32.1. The molecule has 1 aromatic carbocycles. The molecule has 2 aromatic heterocycles. The summed E-state index contributed by atoms with van der Waals surface area (Å²) in [6.45, 7) is 6.51. The van der Waals surface area contributed by atoms with E-state index in [1.165, 1.54) is 36.4 Å². The molecule has 0 saturated carbocycles. The van der Waals surface area contributed by atoms with Crippen LogP contribution in [0.5, 0.6) is 5.75 Å². The van der Waals surface area contributed by atoms with Gasteiger partial charge in [0.05, 0.1) is 20.3 Å². The number of likely N-dealkylation sites (tertiary alicyclic amines) is 1. The van der Waals surface area contributed by atoms with Gasteiger partial charge in [-0.1, -0.05) is 26.8 Å². The van der Waals surface area contributed by atoms with Gasteiger partial charge in [-0.15, -0.1) is 11.3 Å². The van der Waals surface area contributed by atoms with Crippen LogP contribution in [0, 0.1) is 12.3 Å². The summed E-state index contributed by atoms with van der Waals surface area (Å²) in [5.41, 5.74) is -3.47. The Morgan fingerprint density at radius 3 is 2.41 bits per heavy atom. The summed E-state index contributed by atoms with van der Waals surface area (Å²) in [7, 11) is 1.48. The maximum atomic E-state index is 14.4. The Morgan fingerprint density at radius 2 is 1.92 bits per heavy atom. The normalized spacial score (nSPS) is 23.1. The molecular formula is C27H32N4O7S. The van der Waals surface area contributed by atoms with Crippen LogP contribution in [0.25, 0.3) is 0 Å². The molecule has 0 unspecified atom stereocenters. The molecule has 0 spiro atoms. The monoisotopic (exact) mass is 556 g/mol. The minimum Gasteiger partial charge on any atom is -0.496 e. The smallest absolute Gasteiger partial charge is 0.331 e. The molecule has 11 nitrogen and oxygen atoms in total. The minimum atomic E-state index is -2.08. The van der Waals surface area contributed by atoms with E-state index in [1.54, 1.807) is 25.1 Å². The third kappa shape index (κ3) is 4.67. The predicted molar refractivity (Wildman–Crippen MR) is 142 cm³/mol. The summed E-state index contributed by atoms with van der Waals surface area (Å²) < 4.78 is 6.92. The number of rotatable bonds is 8. The minimum absolute atomic E-state index is 0.114. The summed E-state index contributed by atoms with van der Waals surface area (Å²) in [5.74, 6) is -3.13. The molecule has 3 atom stereocenters. The van der Waals surface area contributed by atoms with Crippen LogP contribution in [0.4, 0.5) is 0 Å². The number of aryl methyl sites for hydroxylation is 1. The molecule has 1 amide bonds. The lowest BCUT2D eigenvalue weighted by Crippen LogP contribution is -2.56. The maximum Gasteiger partial charge on any atom is 0.331 e. The second-order valence-corrected chi connectivity index (χ2v) is 12.2. The number of hydrogen-bond donors (Lipinski definition) is 3. The molecule has 0 radical (unpaired) electrons. The van der Waals surface area contributed by atoms with Crippen LogP contribution < -0.4 is 4.74 Å². The Labute approximate surface area is 229 Å². The fourth-order valence-electron chi connectivity index (χ4n) is 5.38. The highest BCUT2D eigenvalue weighted by molar-refractivity contribution is 7.11. The van der Waals surface area contributed by atoms with Crippen LogP contribution in [0.2, 0.25) is 0 Å². The molecule has 1 aliphatic rings. The lowest BCUT2D eigenvalue weighted by atomic mass is 9.77. The topological polar surface area (TPSA) is 155 Å². The molecular weight excluding hydrogens is 524 g/mol. The van der Waals surface area contributed by atoms with E-state index in [9.17, 15) is 29.7 Å². The van der Waals surface area contributed by atoms with Crippen molar-refractivity contribution < 1.29 is 34.4 Å². The summed E-state index contributed by atoms with van der Waals surface area (Å²) in [5, 5.41) is 36.1. The van der Waals surface area contributed by atoms with Gasteiger partial charge in [0.1, 0.15) is 22.2 Å². The third-order valence-electron chi connectivity index (χ3n) is 7.29. The molecule has 3 heterocycles. The van der Waals surface area contributed by atoms with Gasteiger partial charge < -0.3 is 25.0 Å². The van der Waals surface area contributed by atoms with Gasteiger partial charge in [0.2, 0.25) is 0 Å². The number of benzene rings is 1. The van der Waals surface area contributed by atoms with Crippen LogP contribution in [0.1, 0.15) is 59.0 Å². The first-order chi connectivity index (χ1) is 18.3. The molecule has 0 aliphatic carbocycles.